The maximum Gasteiger partial charge on any atom is 0.328 e. The smallest absolute Gasteiger partial charge is 0.328 e. The van der Waals surface area contributed by atoms with Crippen molar-refractivity contribution in [3.63, 3.8) is 0 Å². The first-order valence-electron chi connectivity index (χ1n) is 5.66. The van der Waals surface area contributed by atoms with E-state index in [1.165, 1.54) is 17.9 Å². The minimum Gasteiger partial charge on any atom is -0.496 e. The van der Waals surface area contributed by atoms with E-state index in [0.717, 1.165) is 27.3 Å². The normalized spacial score (nSPS) is 10.8. The molecule has 0 bridgehead atoms. The average Bonchev–Trinajstić information content (AvgIpc) is 2.96. The van der Waals surface area contributed by atoms with Crippen molar-refractivity contribution in [2.24, 2.45) is 0 Å². The molecule has 1 aromatic carbocycles. The summed E-state index contributed by atoms with van der Waals surface area (Å²) in [5.41, 5.74) is 1.81. The topological polar surface area (TPSA) is 72.3 Å². The lowest BCUT2D eigenvalue weighted by Crippen LogP contribution is -1.92. The van der Waals surface area contributed by atoms with Crippen LogP contribution in [-0.2, 0) is 10.5 Å². The van der Waals surface area contributed by atoms with Gasteiger partial charge in [0.15, 0.2) is 4.34 Å². The van der Waals surface area contributed by atoms with Gasteiger partial charge in [0.05, 0.1) is 7.11 Å². The van der Waals surface area contributed by atoms with Crippen molar-refractivity contribution in [3.05, 3.63) is 41.7 Å². The molecule has 0 radical (unpaired) electrons. The Morgan fingerprint density at radius 3 is 3.05 bits per heavy atom. The maximum atomic E-state index is 10.5. The number of thioether (sulfide) groups is 1. The molecule has 0 aliphatic carbocycles. The van der Waals surface area contributed by atoms with Gasteiger partial charge < -0.3 is 9.84 Å². The molecular formula is C13H12N2O3S2. The van der Waals surface area contributed by atoms with E-state index >= 15 is 0 Å². The van der Waals surface area contributed by atoms with E-state index in [-0.39, 0.29) is 0 Å². The van der Waals surface area contributed by atoms with Crippen molar-refractivity contribution < 1.29 is 14.6 Å². The van der Waals surface area contributed by atoms with Gasteiger partial charge in [-0.2, -0.15) is 4.37 Å². The predicted molar refractivity (Wildman–Crippen MR) is 79.1 cm³/mol. The number of nitrogens with zero attached hydrogens (tertiary/aromatic N) is 2. The van der Waals surface area contributed by atoms with E-state index in [4.69, 9.17) is 9.84 Å². The number of carboxylic acid groups (broad SMARTS) is 1. The maximum absolute atomic E-state index is 10.5. The fraction of sp³-hybridized carbons (Fsp3) is 0.154. The molecule has 7 heteroatoms. The van der Waals surface area contributed by atoms with Crippen LogP contribution in [0.2, 0.25) is 0 Å². The molecule has 0 aliphatic heterocycles. The Balaban J connectivity index is 2.15. The largest absolute Gasteiger partial charge is 0.496 e. The van der Waals surface area contributed by atoms with Crippen molar-refractivity contribution in [1.29, 1.82) is 0 Å². The molecule has 1 N–H and O–H groups in total. The van der Waals surface area contributed by atoms with Gasteiger partial charge in [0.2, 0.25) is 0 Å². The molecule has 1 aromatic heterocycles. The highest BCUT2D eigenvalue weighted by atomic mass is 32.2. The summed E-state index contributed by atoms with van der Waals surface area (Å²) >= 11 is 2.91. The molecule has 2 rings (SSSR count). The SMILES string of the molecule is COc1ccc(/C=C/C(=O)O)cc1CSc1ncns1. The molecule has 0 fully saturated rings. The van der Waals surface area contributed by atoms with Gasteiger partial charge in [-0.15, -0.1) is 0 Å². The number of ether oxygens (including phenoxy) is 1. The molecule has 0 saturated heterocycles. The number of hydrogen-bond acceptors (Lipinski definition) is 6. The summed E-state index contributed by atoms with van der Waals surface area (Å²) in [5, 5.41) is 8.64. The quantitative estimate of drug-likeness (QED) is 0.653. The third-order valence-corrected chi connectivity index (χ3v) is 4.26. The van der Waals surface area contributed by atoms with Crippen LogP contribution in [-0.4, -0.2) is 27.5 Å². The van der Waals surface area contributed by atoms with Crippen molar-refractivity contribution in [2.75, 3.05) is 7.11 Å². The van der Waals surface area contributed by atoms with E-state index < -0.39 is 5.97 Å². The van der Waals surface area contributed by atoms with E-state index in [2.05, 4.69) is 9.36 Å². The molecule has 5 nitrogen and oxygen atoms in total. The number of hydrogen-bond donors (Lipinski definition) is 1. The van der Waals surface area contributed by atoms with Crippen LogP contribution < -0.4 is 4.74 Å². The molecule has 104 valence electrons. The molecule has 20 heavy (non-hydrogen) atoms. The Morgan fingerprint density at radius 1 is 1.55 bits per heavy atom. The van der Waals surface area contributed by atoms with Crippen LogP contribution in [0, 0.1) is 0 Å². The summed E-state index contributed by atoms with van der Waals surface area (Å²) in [6.07, 6.45) is 4.20. The second kappa shape index (κ2) is 7.06. The van der Waals surface area contributed by atoms with Gasteiger partial charge in [-0.3, -0.25) is 0 Å². The van der Waals surface area contributed by atoms with Crippen molar-refractivity contribution >= 4 is 35.3 Å². The van der Waals surface area contributed by atoms with E-state index in [0.29, 0.717) is 5.75 Å². The Bertz CT molecular complexity index is 612. The van der Waals surface area contributed by atoms with Gasteiger partial charge in [-0.05, 0) is 35.3 Å². The Hall–Kier alpha value is -1.86. The number of carbonyl (C=O) groups is 1. The number of aliphatic carboxylic acids is 1. The van der Waals surface area contributed by atoms with Gasteiger partial charge in [0.25, 0.3) is 0 Å². The van der Waals surface area contributed by atoms with Crippen LogP contribution >= 0.6 is 23.3 Å². The summed E-state index contributed by atoms with van der Waals surface area (Å²) in [6, 6.07) is 5.56. The lowest BCUT2D eigenvalue weighted by molar-refractivity contribution is -0.131. The highest BCUT2D eigenvalue weighted by molar-refractivity contribution is 8.00. The summed E-state index contributed by atoms with van der Waals surface area (Å²) in [4.78, 5) is 14.6. The number of carboxylic acids is 1. The highest BCUT2D eigenvalue weighted by Gasteiger charge is 2.06. The van der Waals surface area contributed by atoms with Gasteiger partial charge in [-0.1, -0.05) is 17.8 Å². The second-order valence-electron chi connectivity index (χ2n) is 3.74. The lowest BCUT2D eigenvalue weighted by atomic mass is 10.1. The highest BCUT2D eigenvalue weighted by Crippen LogP contribution is 2.29. The molecule has 0 amide bonds. The summed E-state index contributed by atoms with van der Waals surface area (Å²) < 4.78 is 10.1. The van der Waals surface area contributed by atoms with Crippen LogP contribution in [0.3, 0.4) is 0 Å². The second-order valence-corrected chi connectivity index (χ2v) is 5.74. The zero-order valence-corrected chi connectivity index (χ0v) is 12.3. The fourth-order valence-corrected chi connectivity index (χ4v) is 2.97. The fourth-order valence-electron chi connectivity index (χ4n) is 1.55. The molecule has 0 saturated carbocycles. The summed E-state index contributed by atoms with van der Waals surface area (Å²) in [6.45, 7) is 0. The summed E-state index contributed by atoms with van der Waals surface area (Å²) in [5.74, 6) is 0.493. The lowest BCUT2D eigenvalue weighted by Gasteiger charge is -2.08. The van der Waals surface area contributed by atoms with Crippen molar-refractivity contribution in [3.8, 4) is 5.75 Å². The first kappa shape index (κ1) is 14.5. The first-order chi connectivity index (χ1) is 9.69. The van der Waals surface area contributed by atoms with Crippen LogP contribution in [0.25, 0.3) is 6.08 Å². The van der Waals surface area contributed by atoms with Crippen molar-refractivity contribution in [1.82, 2.24) is 9.36 Å². The van der Waals surface area contributed by atoms with Crippen molar-refractivity contribution in [2.45, 2.75) is 10.1 Å². The minimum absolute atomic E-state index is 0.688. The molecule has 0 spiro atoms. The van der Waals surface area contributed by atoms with E-state index in [1.807, 2.05) is 18.2 Å². The van der Waals surface area contributed by atoms with Gasteiger partial charge in [0, 0.05) is 17.4 Å². The zero-order valence-electron chi connectivity index (χ0n) is 10.6. The van der Waals surface area contributed by atoms with Crippen LogP contribution in [0.4, 0.5) is 0 Å². The predicted octanol–water partition coefficient (Wildman–Crippen LogP) is 2.94. The van der Waals surface area contributed by atoms with E-state index in [9.17, 15) is 4.79 Å². The monoisotopic (exact) mass is 308 g/mol. The first-order valence-corrected chi connectivity index (χ1v) is 7.42. The molecule has 0 aliphatic rings. The van der Waals surface area contributed by atoms with Gasteiger partial charge >= 0.3 is 5.97 Å². The molecule has 0 unspecified atom stereocenters. The van der Waals surface area contributed by atoms with Crippen LogP contribution in [0.5, 0.6) is 5.75 Å². The molecule has 1 heterocycles. The van der Waals surface area contributed by atoms with Gasteiger partial charge in [-0.25, -0.2) is 9.78 Å². The Kier molecular flexibility index (Phi) is 5.14. The third-order valence-electron chi connectivity index (χ3n) is 2.42. The average molecular weight is 308 g/mol. The number of benzene rings is 1. The van der Waals surface area contributed by atoms with Gasteiger partial charge in [0.1, 0.15) is 12.1 Å². The minimum atomic E-state index is -0.967. The Labute approximate surface area is 124 Å². The third kappa shape index (κ3) is 4.07. The van der Waals surface area contributed by atoms with Crippen LogP contribution in [0.1, 0.15) is 11.1 Å². The Morgan fingerprint density at radius 2 is 2.40 bits per heavy atom. The van der Waals surface area contributed by atoms with E-state index in [1.54, 1.807) is 24.9 Å². The summed E-state index contributed by atoms with van der Waals surface area (Å²) in [7, 11) is 1.61. The van der Waals surface area contributed by atoms with Crippen LogP contribution in [0.15, 0.2) is 34.9 Å². The number of rotatable bonds is 6. The number of methoxy groups -OCH3 is 1. The molecule has 2 aromatic rings. The molecular weight excluding hydrogens is 296 g/mol. The zero-order chi connectivity index (χ0) is 14.4. The molecule has 0 atom stereocenters. The standard InChI is InChI=1S/C13H12N2O3S2/c1-18-11-4-2-9(3-5-12(16)17)6-10(11)7-19-13-14-8-15-20-13/h2-6,8H,7H2,1H3,(H,16,17)/b5-3+. The number of aromatic nitrogens is 2.